The molecule has 0 saturated carbocycles. The number of likely N-dealkylation sites (N-methyl/N-ethyl adjacent to an activating group) is 1. The first-order valence-corrected chi connectivity index (χ1v) is 8.30. The van der Waals surface area contributed by atoms with E-state index in [1.807, 2.05) is 30.1 Å². The Morgan fingerprint density at radius 2 is 2.12 bits per heavy atom. The van der Waals surface area contributed by atoms with E-state index in [9.17, 15) is 4.79 Å². The largest absolute Gasteiger partial charge is 0.492 e. The minimum Gasteiger partial charge on any atom is -0.492 e. The molecule has 0 radical (unpaired) electrons. The summed E-state index contributed by atoms with van der Waals surface area (Å²) in [4.78, 5) is 18.2. The monoisotopic (exact) mass is 363 g/mol. The van der Waals surface area contributed by atoms with Crippen LogP contribution in [0.15, 0.2) is 42.6 Å². The fraction of sp³-hybridized carbons (Fsp3) is 0.333. The number of pyridine rings is 1. The molecule has 7 heteroatoms. The zero-order valence-electron chi connectivity index (χ0n) is 14.4. The molecule has 0 bridgehead atoms. The molecule has 134 valence electrons. The van der Waals surface area contributed by atoms with E-state index in [2.05, 4.69) is 10.3 Å². The smallest absolute Gasteiger partial charge is 0.252 e. The molecule has 1 aromatic heterocycles. The zero-order chi connectivity index (χ0) is 18.1. The van der Waals surface area contributed by atoms with Gasteiger partial charge in [-0.15, -0.1) is 0 Å². The number of hydrogen-bond donors (Lipinski definition) is 1. The lowest BCUT2D eigenvalue weighted by molar-refractivity contribution is 0.0937. The molecule has 6 nitrogen and oxygen atoms in total. The Morgan fingerprint density at radius 1 is 1.28 bits per heavy atom. The van der Waals surface area contributed by atoms with Crippen LogP contribution in [0, 0.1) is 0 Å². The van der Waals surface area contributed by atoms with Gasteiger partial charge in [0.05, 0.1) is 18.7 Å². The highest BCUT2D eigenvalue weighted by atomic mass is 35.5. The molecular formula is C18H22ClN3O3. The third-order valence-electron chi connectivity index (χ3n) is 3.48. The maximum absolute atomic E-state index is 11.9. The number of nitrogens with one attached hydrogen (secondary N) is 1. The van der Waals surface area contributed by atoms with Crippen LogP contribution in [-0.2, 0) is 4.74 Å². The van der Waals surface area contributed by atoms with E-state index in [0.29, 0.717) is 36.9 Å². The Morgan fingerprint density at radius 3 is 2.80 bits per heavy atom. The molecule has 0 aliphatic carbocycles. The maximum Gasteiger partial charge on any atom is 0.252 e. The number of anilines is 1. The summed E-state index contributed by atoms with van der Waals surface area (Å²) in [6, 6.07) is 10.8. The second-order valence-corrected chi connectivity index (χ2v) is 5.82. The van der Waals surface area contributed by atoms with Gasteiger partial charge in [-0.1, -0.05) is 17.7 Å². The average Bonchev–Trinajstić information content (AvgIpc) is 2.62. The summed E-state index contributed by atoms with van der Waals surface area (Å²) in [5.41, 5.74) is 0.517. The van der Waals surface area contributed by atoms with Gasteiger partial charge in [0.25, 0.3) is 5.91 Å². The molecule has 0 atom stereocenters. The number of carbonyl (C=O) groups excluding carboxylic acids is 1. The fourth-order valence-electron chi connectivity index (χ4n) is 2.09. The van der Waals surface area contributed by atoms with Crippen LogP contribution in [-0.4, -0.2) is 51.4 Å². The summed E-state index contributed by atoms with van der Waals surface area (Å²) in [6.45, 7) is 2.10. The minimum absolute atomic E-state index is 0.164. The van der Waals surface area contributed by atoms with E-state index in [1.54, 1.807) is 31.5 Å². The Bertz CT molecular complexity index is 680. The van der Waals surface area contributed by atoms with Crippen molar-refractivity contribution in [3.8, 4) is 5.75 Å². The van der Waals surface area contributed by atoms with Crippen LogP contribution < -0.4 is 15.0 Å². The van der Waals surface area contributed by atoms with Crippen molar-refractivity contribution in [2.45, 2.75) is 0 Å². The first-order chi connectivity index (χ1) is 12.1. The number of amides is 1. The molecule has 2 aromatic rings. The number of rotatable bonds is 9. The molecule has 0 aliphatic rings. The topological polar surface area (TPSA) is 63.7 Å². The van der Waals surface area contributed by atoms with E-state index in [0.717, 1.165) is 11.6 Å². The van der Waals surface area contributed by atoms with Crippen molar-refractivity contribution in [1.29, 1.82) is 0 Å². The molecule has 25 heavy (non-hydrogen) atoms. The number of nitrogens with zero attached hydrogens (tertiary/aromatic N) is 2. The third kappa shape index (κ3) is 6.25. The van der Waals surface area contributed by atoms with Crippen LogP contribution in [0.2, 0.25) is 5.02 Å². The van der Waals surface area contributed by atoms with E-state index in [-0.39, 0.29) is 5.91 Å². The summed E-state index contributed by atoms with van der Waals surface area (Å²) >= 11 is 5.92. The predicted octanol–water partition coefficient (Wildman–Crippen LogP) is 2.63. The van der Waals surface area contributed by atoms with Gasteiger partial charge in [-0.25, -0.2) is 4.98 Å². The number of ether oxygens (including phenoxy) is 2. The number of benzene rings is 1. The fourth-order valence-corrected chi connectivity index (χ4v) is 2.27. The van der Waals surface area contributed by atoms with Crippen molar-refractivity contribution in [2.75, 3.05) is 45.4 Å². The molecule has 1 heterocycles. The van der Waals surface area contributed by atoms with Gasteiger partial charge < -0.3 is 19.7 Å². The average molecular weight is 364 g/mol. The number of halogens is 1. The lowest BCUT2D eigenvalue weighted by atomic mass is 10.2. The Balaban J connectivity index is 1.81. The predicted molar refractivity (Wildman–Crippen MR) is 98.7 cm³/mol. The van der Waals surface area contributed by atoms with E-state index < -0.39 is 0 Å². The summed E-state index contributed by atoms with van der Waals surface area (Å²) in [5, 5.41) is 3.40. The van der Waals surface area contributed by atoms with Gasteiger partial charge in [0.2, 0.25) is 0 Å². The van der Waals surface area contributed by atoms with Crippen LogP contribution in [0.25, 0.3) is 0 Å². The van der Waals surface area contributed by atoms with Crippen LogP contribution in [0.1, 0.15) is 10.4 Å². The zero-order valence-corrected chi connectivity index (χ0v) is 15.1. The molecule has 0 unspecified atom stereocenters. The van der Waals surface area contributed by atoms with Gasteiger partial charge in [-0.3, -0.25) is 4.79 Å². The Labute approximate surface area is 152 Å². The van der Waals surface area contributed by atoms with Crippen LogP contribution in [0.4, 0.5) is 5.82 Å². The van der Waals surface area contributed by atoms with Crippen LogP contribution in [0.3, 0.4) is 0 Å². The van der Waals surface area contributed by atoms with Crippen molar-refractivity contribution in [3.63, 3.8) is 0 Å². The second kappa shape index (κ2) is 9.86. The first-order valence-electron chi connectivity index (χ1n) is 7.93. The lowest BCUT2D eigenvalue weighted by Gasteiger charge is -2.18. The van der Waals surface area contributed by atoms with E-state index in [4.69, 9.17) is 21.1 Å². The van der Waals surface area contributed by atoms with Crippen molar-refractivity contribution in [3.05, 3.63) is 53.2 Å². The normalized spacial score (nSPS) is 10.4. The quantitative estimate of drug-likeness (QED) is 0.694. The highest BCUT2D eigenvalue weighted by molar-refractivity contribution is 6.30. The second-order valence-electron chi connectivity index (χ2n) is 5.38. The van der Waals surface area contributed by atoms with Crippen molar-refractivity contribution >= 4 is 23.3 Å². The van der Waals surface area contributed by atoms with E-state index >= 15 is 0 Å². The lowest BCUT2D eigenvalue weighted by Crippen LogP contribution is -2.27. The minimum atomic E-state index is -0.164. The molecule has 0 fully saturated rings. The molecule has 1 N–H and O–H groups in total. The summed E-state index contributed by atoms with van der Waals surface area (Å²) < 4.78 is 10.6. The van der Waals surface area contributed by atoms with Crippen molar-refractivity contribution in [2.24, 2.45) is 0 Å². The Hall–Kier alpha value is -2.31. The molecule has 1 amide bonds. The number of carbonyl (C=O) groups is 1. The first kappa shape index (κ1) is 19.0. The Kier molecular flexibility index (Phi) is 7.50. The van der Waals surface area contributed by atoms with E-state index in [1.165, 1.54) is 0 Å². The van der Waals surface area contributed by atoms with Crippen LogP contribution >= 0.6 is 11.6 Å². The van der Waals surface area contributed by atoms with Crippen molar-refractivity contribution < 1.29 is 14.3 Å². The molecule has 0 aliphatic heterocycles. The SMILES string of the molecule is COCCNC(=O)c1ccc(N(C)CCOc2cccc(Cl)c2)nc1. The van der Waals surface area contributed by atoms with Gasteiger partial charge in [-0.2, -0.15) is 0 Å². The van der Waals surface area contributed by atoms with Gasteiger partial charge in [0.1, 0.15) is 18.2 Å². The third-order valence-corrected chi connectivity index (χ3v) is 3.72. The summed E-state index contributed by atoms with van der Waals surface area (Å²) in [6.07, 6.45) is 1.56. The van der Waals surface area contributed by atoms with Gasteiger partial charge in [0.15, 0.2) is 0 Å². The summed E-state index contributed by atoms with van der Waals surface area (Å²) in [5.74, 6) is 1.34. The molecular weight excluding hydrogens is 342 g/mol. The summed E-state index contributed by atoms with van der Waals surface area (Å²) in [7, 11) is 3.51. The van der Waals surface area contributed by atoms with Crippen LogP contribution in [0.5, 0.6) is 5.75 Å². The number of methoxy groups -OCH3 is 1. The highest BCUT2D eigenvalue weighted by Gasteiger charge is 2.08. The molecule has 2 rings (SSSR count). The van der Waals surface area contributed by atoms with Gasteiger partial charge in [-0.05, 0) is 30.3 Å². The van der Waals surface area contributed by atoms with Gasteiger partial charge >= 0.3 is 0 Å². The molecule has 1 aromatic carbocycles. The molecule has 0 saturated heterocycles. The maximum atomic E-state index is 11.9. The van der Waals surface area contributed by atoms with Crippen molar-refractivity contribution in [1.82, 2.24) is 10.3 Å². The standard InChI is InChI=1S/C18H22ClN3O3/c1-22(9-11-25-16-5-3-4-15(19)12-16)17-7-6-14(13-21-17)18(23)20-8-10-24-2/h3-7,12-13H,8-11H2,1-2H3,(H,20,23). The number of aromatic nitrogens is 1. The van der Waals surface area contributed by atoms with Gasteiger partial charge in [0, 0.05) is 31.9 Å². The number of hydrogen-bond acceptors (Lipinski definition) is 5. The molecule has 0 spiro atoms. The highest BCUT2D eigenvalue weighted by Crippen LogP contribution is 2.17.